The molecule has 0 spiro atoms. The van der Waals surface area contributed by atoms with E-state index in [4.69, 9.17) is 0 Å². The van der Waals surface area contributed by atoms with Crippen LogP contribution < -0.4 is 5.19 Å². The smallest absolute Gasteiger partial charge is 0.0795 e. The number of rotatable bonds is 5. The molecular weight excluding hydrogens is 700 g/mol. The monoisotopic (exact) mass is 731 g/mol. The largest absolute Gasteiger partial charge is 0.305 e. The average molecular weight is 731 g/mol. The minimum absolute atomic E-state index is 0. The maximum atomic E-state index is 12.8. The van der Waals surface area contributed by atoms with Crippen molar-refractivity contribution >= 4 is 24.0 Å². The van der Waals surface area contributed by atoms with Crippen LogP contribution in [0.1, 0.15) is 11.1 Å². The van der Waals surface area contributed by atoms with Gasteiger partial charge in [-0.25, -0.2) is 0 Å². The SMILES string of the molecule is C[Si](C)(C)c1ccc(-c2[c-]cc(F)cc2)nc1.[Ir].[c-]1ccc2ccccc2c1-c1cc(Cc2ccccc2)ccn1. The predicted octanol–water partition coefficient (Wildman–Crippen LogP) is 8.52. The first-order valence-electron chi connectivity index (χ1n) is 13.4. The number of halogens is 1. The van der Waals surface area contributed by atoms with Crippen LogP contribution >= 0.6 is 0 Å². The van der Waals surface area contributed by atoms with Crippen molar-refractivity contribution in [2.45, 2.75) is 26.1 Å². The Bertz CT molecular complexity index is 1690. The summed E-state index contributed by atoms with van der Waals surface area (Å²) in [6.07, 6.45) is 4.74. The van der Waals surface area contributed by atoms with Crippen molar-refractivity contribution < 1.29 is 24.5 Å². The molecule has 0 N–H and O–H groups in total. The molecular formula is C36H31FIrN2Si-2. The second-order valence-corrected chi connectivity index (χ2v) is 15.8. The molecule has 0 fully saturated rings. The van der Waals surface area contributed by atoms with Crippen molar-refractivity contribution in [1.29, 1.82) is 0 Å². The summed E-state index contributed by atoms with van der Waals surface area (Å²) in [4.78, 5) is 9.00. The van der Waals surface area contributed by atoms with E-state index >= 15 is 0 Å². The first-order chi connectivity index (χ1) is 19.4. The maximum Gasteiger partial charge on any atom is 0.0795 e. The van der Waals surface area contributed by atoms with Crippen molar-refractivity contribution in [2.75, 3.05) is 0 Å². The molecule has 5 heteroatoms. The van der Waals surface area contributed by atoms with Crippen molar-refractivity contribution in [2.24, 2.45) is 0 Å². The van der Waals surface area contributed by atoms with Crippen LogP contribution in [0.25, 0.3) is 33.3 Å². The molecule has 1 radical (unpaired) electrons. The number of aromatic nitrogens is 2. The number of pyridine rings is 2. The van der Waals surface area contributed by atoms with E-state index in [9.17, 15) is 4.39 Å². The van der Waals surface area contributed by atoms with Gasteiger partial charge in [-0.15, -0.1) is 59.0 Å². The molecule has 0 bridgehead atoms. The molecule has 0 aliphatic carbocycles. The van der Waals surface area contributed by atoms with E-state index in [-0.39, 0.29) is 25.9 Å². The molecule has 2 aromatic heterocycles. The fraction of sp³-hybridized carbons (Fsp3) is 0.111. The minimum atomic E-state index is -1.30. The molecule has 6 rings (SSSR count). The van der Waals surface area contributed by atoms with Crippen molar-refractivity contribution in [3.8, 4) is 22.5 Å². The van der Waals surface area contributed by atoms with Crippen LogP contribution in [0.15, 0.2) is 122 Å². The Morgan fingerprint density at radius 2 is 1.51 bits per heavy atom. The zero-order valence-electron chi connectivity index (χ0n) is 23.4. The predicted molar refractivity (Wildman–Crippen MR) is 167 cm³/mol. The van der Waals surface area contributed by atoms with Gasteiger partial charge >= 0.3 is 0 Å². The summed E-state index contributed by atoms with van der Waals surface area (Å²) in [5.74, 6) is -0.271. The zero-order valence-corrected chi connectivity index (χ0v) is 26.8. The van der Waals surface area contributed by atoms with Gasteiger partial charge in [0.25, 0.3) is 0 Å². The van der Waals surface area contributed by atoms with Gasteiger partial charge in [0.2, 0.25) is 0 Å². The molecule has 6 aromatic rings. The summed E-state index contributed by atoms with van der Waals surface area (Å²) in [7, 11) is -1.30. The second-order valence-electron chi connectivity index (χ2n) is 10.8. The topological polar surface area (TPSA) is 25.8 Å². The van der Waals surface area contributed by atoms with Crippen LogP contribution in [0.2, 0.25) is 19.6 Å². The van der Waals surface area contributed by atoms with Gasteiger partial charge in [0.05, 0.1) is 8.07 Å². The van der Waals surface area contributed by atoms with Crippen molar-refractivity contribution in [3.63, 3.8) is 0 Å². The Hall–Kier alpha value is -3.76. The molecule has 41 heavy (non-hydrogen) atoms. The first-order valence-corrected chi connectivity index (χ1v) is 16.9. The number of hydrogen-bond acceptors (Lipinski definition) is 2. The van der Waals surface area contributed by atoms with Crippen molar-refractivity contribution in [1.82, 2.24) is 9.97 Å². The maximum absolute atomic E-state index is 12.8. The number of benzene rings is 4. The fourth-order valence-corrected chi connectivity index (χ4v) is 5.52. The molecule has 4 aromatic carbocycles. The molecule has 0 saturated carbocycles. The molecule has 207 valence electrons. The molecule has 0 unspecified atom stereocenters. The average Bonchev–Trinajstić information content (AvgIpc) is 2.98. The number of fused-ring (bicyclic) bond motifs is 1. The summed E-state index contributed by atoms with van der Waals surface area (Å²) >= 11 is 0. The first kappa shape index (κ1) is 30.2. The van der Waals surface area contributed by atoms with Gasteiger partial charge in [-0.3, -0.25) is 4.39 Å². The van der Waals surface area contributed by atoms with E-state index in [1.807, 2.05) is 30.6 Å². The van der Waals surface area contributed by atoms with E-state index < -0.39 is 8.07 Å². The van der Waals surface area contributed by atoms with Crippen LogP contribution in [0.5, 0.6) is 0 Å². The van der Waals surface area contributed by atoms with E-state index in [2.05, 4.69) is 115 Å². The summed E-state index contributed by atoms with van der Waals surface area (Å²) in [5.41, 5.74) is 6.29. The van der Waals surface area contributed by atoms with Gasteiger partial charge in [-0.05, 0) is 40.2 Å². The van der Waals surface area contributed by atoms with Gasteiger partial charge < -0.3 is 9.97 Å². The Morgan fingerprint density at radius 1 is 0.732 bits per heavy atom. The summed E-state index contributed by atoms with van der Waals surface area (Å²) < 4.78 is 12.8. The molecule has 0 aliphatic rings. The van der Waals surface area contributed by atoms with Gasteiger partial charge in [0.1, 0.15) is 0 Å². The Kier molecular flexibility index (Phi) is 10.1. The second kappa shape index (κ2) is 13.7. The Balaban J connectivity index is 0.000000193. The third kappa shape index (κ3) is 7.92. The van der Waals surface area contributed by atoms with E-state index in [1.54, 1.807) is 6.07 Å². The standard InChI is InChI=1S/C22H16N.C14H15FNSi.Ir/c1-2-7-17(8-3-1)15-18-13-14-23-22(16-18)21-12-6-10-19-9-4-5-11-20(19)21;1-17(2,3)13-8-9-14(16-10-13)11-4-6-12(15)7-5-11;/h1-11,13-14,16H,15H2;4,6-10H,1-3H3;/q2*-1;. The van der Waals surface area contributed by atoms with E-state index in [0.717, 1.165) is 28.9 Å². The third-order valence-corrected chi connectivity index (χ3v) is 8.76. The fourth-order valence-electron chi connectivity index (χ4n) is 4.49. The molecule has 0 aliphatic heterocycles. The summed E-state index contributed by atoms with van der Waals surface area (Å²) in [6, 6.07) is 42.0. The van der Waals surface area contributed by atoms with Gasteiger partial charge in [0.15, 0.2) is 0 Å². The summed E-state index contributed by atoms with van der Waals surface area (Å²) in [5, 5.41) is 3.74. The van der Waals surface area contributed by atoms with Gasteiger partial charge in [-0.1, -0.05) is 97.8 Å². The quantitative estimate of drug-likeness (QED) is 0.131. The Morgan fingerprint density at radius 3 is 2.22 bits per heavy atom. The zero-order chi connectivity index (χ0) is 28.0. The van der Waals surface area contributed by atoms with Crippen LogP contribution in [-0.4, -0.2) is 18.0 Å². The van der Waals surface area contributed by atoms with Crippen LogP contribution in [0.3, 0.4) is 0 Å². The van der Waals surface area contributed by atoms with Crippen LogP contribution in [-0.2, 0) is 26.5 Å². The molecule has 2 nitrogen and oxygen atoms in total. The van der Waals surface area contributed by atoms with Gasteiger partial charge in [-0.2, -0.15) is 0 Å². The molecule has 2 heterocycles. The molecule has 0 saturated heterocycles. The van der Waals surface area contributed by atoms with Crippen LogP contribution in [0.4, 0.5) is 4.39 Å². The van der Waals surface area contributed by atoms with Crippen LogP contribution in [0, 0.1) is 17.9 Å². The molecule has 0 amide bonds. The van der Waals surface area contributed by atoms with Gasteiger partial charge in [0, 0.05) is 38.3 Å². The normalized spacial score (nSPS) is 10.8. The number of hydrogen-bond donors (Lipinski definition) is 0. The molecule has 0 atom stereocenters. The summed E-state index contributed by atoms with van der Waals surface area (Å²) in [6.45, 7) is 6.86. The minimum Gasteiger partial charge on any atom is -0.305 e. The van der Waals surface area contributed by atoms with Crippen molar-refractivity contribution in [3.05, 3.63) is 151 Å². The third-order valence-electron chi connectivity index (χ3n) is 6.73. The van der Waals surface area contributed by atoms with E-state index in [0.29, 0.717) is 0 Å². The number of nitrogens with zero attached hydrogens (tertiary/aromatic N) is 2. The Labute approximate surface area is 256 Å². The van der Waals surface area contributed by atoms with E-state index in [1.165, 1.54) is 39.2 Å².